The van der Waals surface area contributed by atoms with Crippen LogP contribution in [-0.4, -0.2) is 5.78 Å². The maximum atomic E-state index is 13.6. The molecular weight excluding hydrogens is 552 g/mol. The number of halogens is 3. The number of nitrogens with two attached hydrogens (primary N) is 1. The number of Topliss-reactive ketones (excluding diaryl/α,β-unsaturated/α-hetero) is 1. The first-order valence-electron chi connectivity index (χ1n) is 12.6. The highest BCUT2D eigenvalue weighted by atomic mass is 35.5. The van der Waals surface area contributed by atoms with Crippen LogP contribution in [0.15, 0.2) is 82.2 Å². The summed E-state index contributed by atoms with van der Waals surface area (Å²) in [6.45, 7) is 4.05. The number of hydrogen-bond donors (Lipinski definition) is 1. The van der Waals surface area contributed by atoms with Gasteiger partial charge >= 0.3 is 0 Å². The summed E-state index contributed by atoms with van der Waals surface area (Å²) in [6, 6.07) is 18.2. The van der Waals surface area contributed by atoms with Gasteiger partial charge in [0.2, 0.25) is 0 Å². The monoisotopic (exact) mass is 577 g/mol. The number of thioether (sulfide) groups is 1. The SMILES string of the molecule is Cc1cc(C)c(C2C(C#N)=C(N)N(c3cccc(Cl)c3Cl)C3=C2C(=O)CCC3)cc1CSc1ccc(F)cc1. The molecular formula is C31H26Cl2FN3OS. The molecule has 0 radical (unpaired) electrons. The summed E-state index contributed by atoms with van der Waals surface area (Å²) in [5.41, 5.74) is 13.0. The normalized spacial score (nSPS) is 17.4. The molecule has 39 heavy (non-hydrogen) atoms. The summed E-state index contributed by atoms with van der Waals surface area (Å²) in [5.74, 6) is 0.0624. The molecule has 0 aromatic heterocycles. The van der Waals surface area contributed by atoms with Crippen molar-refractivity contribution in [2.45, 2.75) is 49.7 Å². The molecule has 1 unspecified atom stereocenters. The van der Waals surface area contributed by atoms with Crippen molar-refractivity contribution in [1.82, 2.24) is 0 Å². The molecule has 0 saturated heterocycles. The van der Waals surface area contributed by atoms with Crippen LogP contribution < -0.4 is 10.6 Å². The van der Waals surface area contributed by atoms with Gasteiger partial charge in [0.1, 0.15) is 11.6 Å². The number of hydrogen-bond acceptors (Lipinski definition) is 5. The van der Waals surface area contributed by atoms with Gasteiger partial charge in [-0.15, -0.1) is 11.8 Å². The number of aryl methyl sites for hydroxylation is 2. The number of nitrogens with zero attached hydrogens (tertiary/aromatic N) is 2. The fourth-order valence-electron chi connectivity index (χ4n) is 5.41. The summed E-state index contributed by atoms with van der Waals surface area (Å²) >= 11 is 14.5. The van der Waals surface area contributed by atoms with Gasteiger partial charge in [-0.1, -0.05) is 41.4 Å². The van der Waals surface area contributed by atoms with Crippen LogP contribution in [0.25, 0.3) is 0 Å². The van der Waals surface area contributed by atoms with E-state index in [1.807, 2.05) is 13.8 Å². The Balaban J connectivity index is 1.64. The van der Waals surface area contributed by atoms with Crippen molar-refractivity contribution in [1.29, 1.82) is 5.26 Å². The van der Waals surface area contributed by atoms with Crippen LogP contribution in [0.2, 0.25) is 10.0 Å². The number of allylic oxidation sites excluding steroid dienone is 3. The summed E-state index contributed by atoms with van der Waals surface area (Å²) in [6.07, 6.45) is 1.71. The topological polar surface area (TPSA) is 70.1 Å². The second-order valence-corrected chi connectivity index (χ2v) is 11.6. The molecule has 8 heteroatoms. The van der Waals surface area contributed by atoms with E-state index in [-0.39, 0.29) is 17.4 Å². The minimum Gasteiger partial charge on any atom is -0.384 e. The van der Waals surface area contributed by atoms with E-state index in [1.165, 1.54) is 12.1 Å². The van der Waals surface area contributed by atoms with E-state index in [0.717, 1.165) is 32.8 Å². The van der Waals surface area contributed by atoms with E-state index in [0.29, 0.717) is 51.9 Å². The smallest absolute Gasteiger partial charge is 0.161 e. The Bertz CT molecular complexity index is 1590. The first-order chi connectivity index (χ1) is 18.7. The first-order valence-corrected chi connectivity index (χ1v) is 14.3. The van der Waals surface area contributed by atoms with Gasteiger partial charge in [-0.05, 0) is 85.3 Å². The second kappa shape index (κ2) is 11.1. The molecule has 0 fully saturated rings. The number of carbonyl (C=O) groups excluding carboxylic acids is 1. The van der Waals surface area contributed by atoms with Crippen LogP contribution in [0.1, 0.15) is 47.4 Å². The number of carbonyl (C=O) groups is 1. The van der Waals surface area contributed by atoms with Gasteiger partial charge < -0.3 is 5.73 Å². The fourth-order valence-corrected chi connectivity index (χ4v) is 6.75. The summed E-state index contributed by atoms with van der Waals surface area (Å²) in [5, 5.41) is 11.1. The molecule has 1 aliphatic carbocycles. The van der Waals surface area contributed by atoms with Crippen molar-refractivity contribution >= 4 is 46.4 Å². The van der Waals surface area contributed by atoms with E-state index < -0.39 is 5.92 Å². The Morgan fingerprint density at radius 3 is 2.56 bits per heavy atom. The largest absolute Gasteiger partial charge is 0.384 e. The van der Waals surface area contributed by atoms with Gasteiger partial charge in [0.15, 0.2) is 5.78 Å². The Hall–Kier alpha value is -3.24. The zero-order valence-electron chi connectivity index (χ0n) is 21.5. The average molecular weight is 579 g/mol. The first kappa shape index (κ1) is 27.3. The quantitative estimate of drug-likeness (QED) is 0.308. The van der Waals surface area contributed by atoms with E-state index in [1.54, 1.807) is 47.0 Å². The Morgan fingerprint density at radius 2 is 1.85 bits per heavy atom. The summed E-state index contributed by atoms with van der Waals surface area (Å²) in [7, 11) is 0. The Labute approximate surface area is 241 Å². The number of anilines is 1. The zero-order valence-corrected chi connectivity index (χ0v) is 23.9. The molecule has 198 valence electrons. The highest BCUT2D eigenvalue weighted by Gasteiger charge is 2.41. The minimum absolute atomic E-state index is 0.00635. The molecule has 2 aliphatic rings. The molecule has 1 atom stereocenters. The van der Waals surface area contributed by atoms with Gasteiger partial charge in [-0.25, -0.2) is 4.39 Å². The van der Waals surface area contributed by atoms with Crippen molar-refractivity contribution in [3.8, 4) is 6.07 Å². The number of nitriles is 1. The zero-order chi connectivity index (χ0) is 27.8. The van der Waals surface area contributed by atoms with Crippen LogP contribution in [0.3, 0.4) is 0 Å². The van der Waals surface area contributed by atoms with Crippen LogP contribution in [0.5, 0.6) is 0 Å². The third-order valence-corrected chi connectivity index (χ3v) is 9.20. The predicted octanol–water partition coefficient (Wildman–Crippen LogP) is 8.35. The lowest BCUT2D eigenvalue weighted by Crippen LogP contribution is -2.39. The fraction of sp³-hybridized carbons (Fsp3) is 0.226. The van der Waals surface area contributed by atoms with E-state index in [4.69, 9.17) is 28.9 Å². The van der Waals surface area contributed by atoms with Gasteiger partial charge in [0.05, 0.1) is 33.3 Å². The van der Waals surface area contributed by atoms with Crippen LogP contribution in [-0.2, 0) is 10.5 Å². The third-order valence-electron chi connectivity index (χ3n) is 7.33. The molecule has 1 aliphatic heterocycles. The Kier molecular flexibility index (Phi) is 7.77. The van der Waals surface area contributed by atoms with E-state index >= 15 is 0 Å². The second-order valence-electron chi connectivity index (χ2n) is 9.77. The van der Waals surface area contributed by atoms with Crippen molar-refractivity contribution in [3.05, 3.63) is 115 Å². The lowest BCUT2D eigenvalue weighted by atomic mass is 9.74. The lowest BCUT2D eigenvalue weighted by molar-refractivity contribution is -0.116. The van der Waals surface area contributed by atoms with Gasteiger partial charge in [-0.3, -0.25) is 9.69 Å². The average Bonchev–Trinajstić information content (AvgIpc) is 2.91. The number of benzene rings is 3. The van der Waals surface area contributed by atoms with Crippen molar-refractivity contribution in [3.63, 3.8) is 0 Å². The molecule has 4 nitrogen and oxygen atoms in total. The maximum Gasteiger partial charge on any atom is 0.161 e. The van der Waals surface area contributed by atoms with Crippen LogP contribution in [0, 0.1) is 31.0 Å². The van der Waals surface area contributed by atoms with Crippen molar-refractivity contribution in [2.24, 2.45) is 5.73 Å². The summed E-state index contributed by atoms with van der Waals surface area (Å²) < 4.78 is 13.4. The molecule has 0 amide bonds. The Morgan fingerprint density at radius 1 is 1.10 bits per heavy atom. The van der Waals surface area contributed by atoms with Gasteiger partial charge in [0.25, 0.3) is 0 Å². The molecule has 0 spiro atoms. The molecule has 2 N–H and O–H groups in total. The summed E-state index contributed by atoms with van der Waals surface area (Å²) in [4.78, 5) is 16.3. The molecule has 3 aromatic rings. The molecule has 5 rings (SSSR count). The highest BCUT2D eigenvalue weighted by molar-refractivity contribution is 7.98. The maximum absolute atomic E-state index is 13.6. The molecule has 0 bridgehead atoms. The predicted molar refractivity (Wildman–Crippen MR) is 156 cm³/mol. The standard InChI is InChI=1S/C31H26Cl2FN3OS/c1-17-13-18(2)22(14-19(17)16-39-21-11-9-20(34)10-12-21)28-23(15-35)31(36)37(25-6-4-8-27(38)29(25)28)26-7-3-5-24(32)30(26)33/h3,5,7,9-14,28H,4,6,8,16,36H2,1-2H3. The third kappa shape index (κ3) is 5.07. The molecule has 0 saturated carbocycles. The van der Waals surface area contributed by atoms with Crippen LogP contribution >= 0.6 is 35.0 Å². The minimum atomic E-state index is -0.581. The van der Waals surface area contributed by atoms with Gasteiger partial charge in [-0.2, -0.15) is 5.26 Å². The molecule has 3 aromatic carbocycles. The van der Waals surface area contributed by atoms with Gasteiger partial charge in [0, 0.05) is 28.3 Å². The van der Waals surface area contributed by atoms with Crippen LogP contribution in [0.4, 0.5) is 10.1 Å². The van der Waals surface area contributed by atoms with Crippen molar-refractivity contribution < 1.29 is 9.18 Å². The number of rotatable bonds is 5. The number of ketones is 1. The highest BCUT2D eigenvalue weighted by Crippen LogP contribution is 2.49. The lowest BCUT2D eigenvalue weighted by Gasteiger charge is -2.40. The van der Waals surface area contributed by atoms with Crippen molar-refractivity contribution in [2.75, 3.05) is 4.90 Å². The van der Waals surface area contributed by atoms with E-state index in [9.17, 15) is 14.4 Å². The molecule has 1 heterocycles. The van der Waals surface area contributed by atoms with E-state index in [2.05, 4.69) is 18.2 Å².